The molecule has 0 spiro atoms. The van der Waals surface area contributed by atoms with Gasteiger partial charge in [-0.1, -0.05) is 30.3 Å². The molecule has 0 radical (unpaired) electrons. The highest BCUT2D eigenvalue weighted by Gasteiger charge is 2.28. The summed E-state index contributed by atoms with van der Waals surface area (Å²) in [6.45, 7) is 13.8. The van der Waals surface area contributed by atoms with E-state index < -0.39 is 11.2 Å². The highest BCUT2D eigenvalue weighted by Crippen LogP contribution is 2.33. The lowest BCUT2D eigenvalue weighted by Gasteiger charge is -2.33. The lowest BCUT2D eigenvalue weighted by molar-refractivity contribution is 0.0203. The molecule has 1 fully saturated rings. The monoisotopic (exact) mass is 742 g/mol. The first kappa shape index (κ1) is 39.9. The summed E-state index contributed by atoms with van der Waals surface area (Å²) in [4.78, 5) is 51.8. The first-order valence-corrected chi connectivity index (χ1v) is 18.4. The molecule has 4 heterocycles. The van der Waals surface area contributed by atoms with E-state index in [9.17, 15) is 19.2 Å². The molecule has 0 saturated carbocycles. The highest BCUT2D eigenvalue weighted by atomic mass is 16.6. The molecular weight excluding hydrogens is 688 g/mol. The molecule has 2 aromatic heterocycles. The Balaban J connectivity index is 0.000000208. The first-order valence-electron chi connectivity index (χ1n) is 18.4. The van der Waals surface area contributed by atoms with Gasteiger partial charge >= 0.3 is 24.1 Å². The van der Waals surface area contributed by atoms with Gasteiger partial charge in [0.15, 0.2) is 0 Å². The quantitative estimate of drug-likeness (QED) is 0.152. The van der Waals surface area contributed by atoms with Crippen LogP contribution in [0.15, 0.2) is 54.9 Å². The van der Waals surface area contributed by atoms with Crippen molar-refractivity contribution >= 4 is 51.5 Å². The van der Waals surface area contributed by atoms with Crippen LogP contribution in [0.5, 0.6) is 0 Å². The Morgan fingerprint density at radius 1 is 0.667 bits per heavy atom. The minimum atomic E-state index is -0.490. The Kier molecular flexibility index (Phi) is 11.8. The number of hydrogen-bond acceptors (Lipinski definition) is 8. The normalized spacial score (nSPS) is 15.3. The Labute approximate surface area is 317 Å². The summed E-state index contributed by atoms with van der Waals surface area (Å²) in [6, 6.07) is 12.3. The molecule has 0 aliphatic carbocycles. The molecular formula is C42H54N4O8. The van der Waals surface area contributed by atoms with E-state index >= 15 is 0 Å². The average molecular weight is 743 g/mol. The molecule has 1 saturated heterocycles. The third-order valence-electron chi connectivity index (χ3n) is 9.67. The van der Waals surface area contributed by atoms with Crippen molar-refractivity contribution in [3.05, 3.63) is 77.1 Å². The van der Waals surface area contributed by atoms with Crippen molar-refractivity contribution in [2.75, 3.05) is 40.4 Å². The van der Waals surface area contributed by atoms with Crippen molar-refractivity contribution in [1.29, 1.82) is 0 Å². The summed E-state index contributed by atoms with van der Waals surface area (Å²) >= 11 is 0. The Bertz CT molecular complexity index is 2070. The van der Waals surface area contributed by atoms with Crippen molar-refractivity contribution < 1.29 is 38.1 Å². The summed E-state index contributed by atoms with van der Waals surface area (Å²) < 4.78 is 24.5. The van der Waals surface area contributed by atoms with Crippen LogP contribution >= 0.6 is 0 Å². The van der Waals surface area contributed by atoms with E-state index in [0.717, 1.165) is 46.6 Å². The van der Waals surface area contributed by atoms with Gasteiger partial charge in [0.25, 0.3) is 0 Å². The maximum atomic E-state index is 12.2. The number of amides is 2. The number of nitrogens with zero attached hydrogens (tertiary/aromatic N) is 4. The van der Waals surface area contributed by atoms with Crippen LogP contribution in [0, 0.1) is 0 Å². The molecule has 54 heavy (non-hydrogen) atoms. The van der Waals surface area contributed by atoms with Gasteiger partial charge < -0.3 is 37.9 Å². The fourth-order valence-corrected chi connectivity index (χ4v) is 6.93. The van der Waals surface area contributed by atoms with Gasteiger partial charge in [0.2, 0.25) is 0 Å². The van der Waals surface area contributed by atoms with Gasteiger partial charge in [0.1, 0.15) is 11.2 Å². The fraction of sp³-hybridized carbons (Fsp3) is 0.476. The zero-order chi connectivity index (χ0) is 39.5. The van der Waals surface area contributed by atoms with Gasteiger partial charge in [-0.2, -0.15) is 0 Å². The summed E-state index contributed by atoms with van der Waals surface area (Å²) in [5, 5.41) is 1.78. The number of piperidine rings is 1. The van der Waals surface area contributed by atoms with Crippen LogP contribution in [0.1, 0.15) is 98.6 Å². The summed E-state index contributed by atoms with van der Waals surface area (Å²) in [5.74, 6) is -0.262. The van der Waals surface area contributed by atoms with Crippen molar-refractivity contribution in [1.82, 2.24) is 18.9 Å². The number of ether oxygens (including phenoxy) is 4. The van der Waals surface area contributed by atoms with Crippen molar-refractivity contribution in [3.63, 3.8) is 0 Å². The Hall–Kier alpha value is -5.26. The molecule has 4 aromatic rings. The largest absolute Gasteiger partial charge is 0.465 e. The topological polar surface area (TPSA) is 122 Å². The van der Waals surface area contributed by atoms with Crippen molar-refractivity contribution in [3.8, 4) is 0 Å². The Morgan fingerprint density at radius 3 is 1.65 bits per heavy atom. The van der Waals surface area contributed by atoms with Gasteiger partial charge in [-0.15, -0.1) is 0 Å². The lowest BCUT2D eigenvalue weighted by Crippen LogP contribution is -2.41. The molecule has 2 amide bonds. The van der Waals surface area contributed by atoms with Gasteiger partial charge in [0, 0.05) is 74.5 Å². The SMILES string of the molecule is COC(=O)c1cn(C)c2cc(C3=CCN(C(=O)OC(C)(C)C)CC3)ccc12.COC(=O)c1cn(C)c2cc(C3CCN(C(=O)OC(C)(C)C)CC3)ccc12. The second kappa shape index (κ2) is 16.0. The van der Waals surface area contributed by atoms with Gasteiger partial charge in [-0.25, -0.2) is 19.2 Å². The van der Waals surface area contributed by atoms with Crippen LogP contribution in [-0.4, -0.2) is 94.7 Å². The van der Waals surface area contributed by atoms with Gasteiger partial charge in [-0.3, -0.25) is 0 Å². The number of methoxy groups -OCH3 is 2. The fourth-order valence-electron chi connectivity index (χ4n) is 6.93. The average Bonchev–Trinajstić information content (AvgIpc) is 3.65. The predicted molar refractivity (Wildman–Crippen MR) is 209 cm³/mol. The molecule has 2 aliphatic heterocycles. The van der Waals surface area contributed by atoms with Crippen LogP contribution in [0.4, 0.5) is 9.59 Å². The minimum absolute atomic E-state index is 0.235. The zero-order valence-corrected chi connectivity index (χ0v) is 33.3. The number of carbonyl (C=O) groups excluding carboxylic acids is 4. The summed E-state index contributed by atoms with van der Waals surface area (Å²) in [7, 11) is 6.63. The second-order valence-corrected chi connectivity index (χ2v) is 15.9. The molecule has 0 unspecified atom stereocenters. The number of aryl methyl sites for hydroxylation is 2. The molecule has 2 aromatic carbocycles. The molecule has 12 heteroatoms. The lowest BCUT2D eigenvalue weighted by atomic mass is 9.89. The van der Waals surface area contributed by atoms with Crippen LogP contribution in [0.3, 0.4) is 0 Å². The standard InChI is InChI=1S/C21H28N2O4.C21H26N2O4/c2*1-21(2,3)27-20(25)23-10-8-14(9-11-23)15-6-7-16-17(19(24)26-5)13-22(4)18(16)12-15/h6-7,12-14H,8-11H2,1-5H3;6-8,12-13H,9-11H2,1-5H3. The van der Waals surface area contributed by atoms with E-state index in [1.165, 1.54) is 25.4 Å². The van der Waals surface area contributed by atoms with E-state index in [1.54, 1.807) is 16.0 Å². The van der Waals surface area contributed by atoms with Gasteiger partial charge in [-0.05, 0) is 95.6 Å². The molecule has 0 atom stereocenters. The summed E-state index contributed by atoms with van der Waals surface area (Å²) in [5.41, 5.74) is 5.71. The number of rotatable bonds is 4. The molecule has 0 N–H and O–H groups in total. The summed E-state index contributed by atoms with van der Waals surface area (Å²) in [6.07, 6.45) is 7.72. The molecule has 0 bridgehead atoms. The maximum Gasteiger partial charge on any atom is 0.410 e. The van der Waals surface area contributed by atoms with Crippen LogP contribution in [0.25, 0.3) is 27.4 Å². The van der Waals surface area contributed by atoms with Crippen LogP contribution in [0.2, 0.25) is 0 Å². The molecule has 2 aliphatic rings. The third-order valence-corrected chi connectivity index (χ3v) is 9.67. The second-order valence-electron chi connectivity index (χ2n) is 15.9. The van der Waals surface area contributed by atoms with Crippen molar-refractivity contribution in [2.24, 2.45) is 14.1 Å². The number of benzene rings is 2. The number of esters is 2. The number of fused-ring (bicyclic) bond motifs is 2. The number of aromatic nitrogens is 2. The van der Waals surface area contributed by atoms with Crippen LogP contribution < -0.4 is 0 Å². The number of carbonyl (C=O) groups is 4. The van der Waals surface area contributed by atoms with Gasteiger partial charge in [0.05, 0.1) is 25.3 Å². The van der Waals surface area contributed by atoms with Crippen molar-refractivity contribution in [2.45, 2.75) is 77.9 Å². The smallest absolute Gasteiger partial charge is 0.410 e. The first-order chi connectivity index (χ1) is 25.4. The molecule has 12 nitrogen and oxygen atoms in total. The maximum absolute atomic E-state index is 12.2. The zero-order valence-electron chi connectivity index (χ0n) is 33.3. The number of likely N-dealkylation sites (tertiary alicyclic amines) is 1. The third kappa shape index (κ3) is 9.26. The molecule has 6 rings (SSSR count). The van der Waals surface area contributed by atoms with E-state index in [0.29, 0.717) is 43.2 Å². The predicted octanol–water partition coefficient (Wildman–Crippen LogP) is 8.07. The Morgan fingerprint density at radius 2 is 1.17 bits per heavy atom. The van der Waals surface area contributed by atoms with Crippen LogP contribution in [-0.2, 0) is 33.0 Å². The van der Waals surface area contributed by atoms with E-state index in [4.69, 9.17) is 18.9 Å². The van der Waals surface area contributed by atoms with E-state index in [1.807, 2.05) is 89.2 Å². The molecule has 290 valence electrons. The highest BCUT2D eigenvalue weighted by molar-refractivity contribution is 6.05. The van der Waals surface area contributed by atoms with E-state index in [-0.39, 0.29) is 24.1 Å². The number of hydrogen-bond donors (Lipinski definition) is 0. The van der Waals surface area contributed by atoms with E-state index in [2.05, 4.69) is 24.3 Å². The minimum Gasteiger partial charge on any atom is -0.465 e.